The molecule has 1 amide bonds. The first-order chi connectivity index (χ1) is 13.2. The van der Waals surface area contributed by atoms with Crippen LogP contribution in [0.25, 0.3) is 11.0 Å². The third-order valence-electron chi connectivity index (χ3n) is 5.00. The zero-order chi connectivity index (χ0) is 20.5. The molecule has 1 saturated heterocycles. The van der Waals surface area contributed by atoms with Crippen LogP contribution in [0.3, 0.4) is 0 Å². The Bertz CT molecular complexity index is 935. The molecular weight excluding hydrogens is 375 g/mol. The van der Waals surface area contributed by atoms with E-state index in [1.165, 1.54) is 11.0 Å². The lowest BCUT2D eigenvalue weighted by Gasteiger charge is -2.33. The van der Waals surface area contributed by atoms with Crippen molar-refractivity contribution in [2.75, 3.05) is 19.7 Å². The predicted molar refractivity (Wildman–Crippen MR) is 97.5 cm³/mol. The van der Waals surface area contributed by atoms with Crippen LogP contribution in [0.4, 0.5) is 13.2 Å². The molecule has 0 N–H and O–H groups in total. The number of halogens is 3. The van der Waals surface area contributed by atoms with E-state index in [2.05, 4.69) is 0 Å². The van der Waals surface area contributed by atoms with E-state index in [4.69, 9.17) is 9.15 Å². The third-order valence-corrected chi connectivity index (χ3v) is 5.00. The molecule has 1 aromatic carbocycles. The summed E-state index contributed by atoms with van der Waals surface area (Å²) >= 11 is 0. The molecule has 1 unspecified atom stereocenters. The molecule has 0 spiro atoms. The van der Waals surface area contributed by atoms with Gasteiger partial charge in [0.1, 0.15) is 11.3 Å². The Morgan fingerprint density at radius 1 is 1.32 bits per heavy atom. The van der Waals surface area contributed by atoms with Crippen molar-refractivity contribution in [3.8, 4) is 5.75 Å². The van der Waals surface area contributed by atoms with Crippen LogP contribution in [0.1, 0.15) is 30.9 Å². The number of amides is 1. The number of ether oxygens (including phenoxy) is 1. The third kappa shape index (κ3) is 4.31. The topological polar surface area (TPSA) is 59.8 Å². The Kier molecular flexibility index (Phi) is 5.67. The number of hydrogen-bond acceptors (Lipinski definition) is 4. The molecule has 2 aromatic rings. The number of likely N-dealkylation sites (tertiary alicyclic amines) is 1. The van der Waals surface area contributed by atoms with E-state index < -0.39 is 23.6 Å². The average molecular weight is 397 g/mol. The molecular formula is C20H22F3NO4. The monoisotopic (exact) mass is 397 g/mol. The summed E-state index contributed by atoms with van der Waals surface area (Å²) in [6.07, 6.45) is -3.39. The van der Waals surface area contributed by atoms with Gasteiger partial charge < -0.3 is 14.1 Å². The highest BCUT2D eigenvalue weighted by Gasteiger charge is 2.42. The zero-order valence-corrected chi connectivity index (χ0v) is 15.8. The Balaban J connectivity index is 1.80. The smallest absolute Gasteiger partial charge is 0.393 e. The van der Waals surface area contributed by atoms with Crippen molar-refractivity contribution in [1.82, 2.24) is 4.90 Å². The quantitative estimate of drug-likeness (QED) is 0.736. The van der Waals surface area contributed by atoms with Gasteiger partial charge in [0.25, 0.3) is 5.91 Å². The molecule has 28 heavy (non-hydrogen) atoms. The van der Waals surface area contributed by atoms with Gasteiger partial charge in [-0.15, -0.1) is 0 Å². The number of piperidine rings is 1. The minimum Gasteiger partial charge on any atom is -0.483 e. The Morgan fingerprint density at radius 3 is 2.75 bits per heavy atom. The number of carbonyl (C=O) groups is 1. The minimum atomic E-state index is -4.31. The van der Waals surface area contributed by atoms with Crippen molar-refractivity contribution in [2.24, 2.45) is 5.92 Å². The second-order valence-electron chi connectivity index (χ2n) is 7.09. The summed E-state index contributed by atoms with van der Waals surface area (Å²) in [6, 6.07) is 4.82. The van der Waals surface area contributed by atoms with Gasteiger partial charge in [-0.1, -0.05) is 6.92 Å². The molecule has 0 aliphatic carbocycles. The maximum Gasteiger partial charge on any atom is 0.393 e. The first-order valence-corrected chi connectivity index (χ1v) is 9.23. The summed E-state index contributed by atoms with van der Waals surface area (Å²) in [5.41, 5.74) is 1.40. The van der Waals surface area contributed by atoms with Crippen LogP contribution in [0.5, 0.6) is 5.75 Å². The lowest BCUT2D eigenvalue weighted by molar-refractivity contribution is -0.188. The molecule has 0 saturated carbocycles. The summed E-state index contributed by atoms with van der Waals surface area (Å²) in [7, 11) is 0. The van der Waals surface area contributed by atoms with Crippen LogP contribution < -0.4 is 10.4 Å². The highest BCUT2D eigenvalue weighted by molar-refractivity contribution is 5.88. The molecule has 5 nitrogen and oxygen atoms in total. The molecule has 2 heterocycles. The summed E-state index contributed by atoms with van der Waals surface area (Å²) < 4.78 is 49.8. The Labute approximate surface area is 160 Å². The van der Waals surface area contributed by atoms with Crippen LogP contribution in [0.15, 0.2) is 27.4 Å². The first kappa shape index (κ1) is 20.2. The van der Waals surface area contributed by atoms with Gasteiger partial charge in [0.05, 0.1) is 11.3 Å². The van der Waals surface area contributed by atoms with E-state index in [1.54, 1.807) is 19.1 Å². The molecule has 1 aromatic heterocycles. The summed E-state index contributed by atoms with van der Waals surface area (Å²) in [5, 5.41) is 0.604. The first-order valence-electron chi connectivity index (χ1n) is 9.23. The molecule has 0 bridgehead atoms. The molecule has 1 atom stereocenters. The van der Waals surface area contributed by atoms with Crippen LogP contribution in [-0.2, 0) is 11.2 Å². The largest absolute Gasteiger partial charge is 0.483 e. The number of carbonyl (C=O) groups excluding carboxylic acids is 1. The van der Waals surface area contributed by atoms with Gasteiger partial charge in [0.15, 0.2) is 6.61 Å². The number of alkyl halides is 3. The van der Waals surface area contributed by atoms with Crippen molar-refractivity contribution in [3.05, 3.63) is 39.7 Å². The minimum absolute atomic E-state index is 0.0372. The fraction of sp³-hybridized carbons (Fsp3) is 0.500. The maximum atomic E-state index is 13.0. The molecule has 152 valence electrons. The number of rotatable bonds is 4. The summed E-state index contributed by atoms with van der Waals surface area (Å²) in [6.45, 7) is 3.26. The maximum absolute atomic E-state index is 13.0. The van der Waals surface area contributed by atoms with Crippen LogP contribution >= 0.6 is 0 Å². The fourth-order valence-corrected chi connectivity index (χ4v) is 3.56. The highest BCUT2D eigenvalue weighted by atomic mass is 19.4. The standard InChI is InChI=1S/C20H22F3NO4/c1-3-13-9-18(26)28-16-8-12(2)7-15(19(13)16)27-11-17(25)24-6-4-5-14(10-24)20(21,22)23/h7-9,14H,3-6,10-11H2,1-2H3. The van der Waals surface area contributed by atoms with Gasteiger partial charge in [0.2, 0.25) is 0 Å². The van der Waals surface area contributed by atoms with Gasteiger partial charge in [-0.25, -0.2) is 4.79 Å². The Morgan fingerprint density at radius 2 is 2.07 bits per heavy atom. The predicted octanol–water partition coefficient (Wildman–Crippen LogP) is 3.84. The van der Waals surface area contributed by atoms with Crippen LogP contribution in [-0.4, -0.2) is 36.7 Å². The van der Waals surface area contributed by atoms with Gasteiger partial charge in [-0.05, 0) is 49.4 Å². The van der Waals surface area contributed by atoms with Crippen LogP contribution in [0, 0.1) is 12.8 Å². The molecule has 1 aliphatic heterocycles. The molecule has 1 aliphatic rings. The average Bonchev–Trinajstić information content (AvgIpc) is 2.64. The number of benzene rings is 1. The zero-order valence-electron chi connectivity index (χ0n) is 15.8. The van der Waals surface area contributed by atoms with Gasteiger partial charge in [-0.2, -0.15) is 13.2 Å². The molecule has 3 rings (SSSR count). The summed E-state index contributed by atoms with van der Waals surface area (Å²) in [4.78, 5) is 25.4. The van der Waals surface area contributed by atoms with E-state index in [1.807, 2.05) is 6.92 Å². The second kappa shape index (κ2) is 7.85. The number of aryl methyl sites for hydroxylation is 2. The molecule has 1 fully saturated rings. The highest BCUT2D eigenvalue weighted by Crippen LogP contribution is 2.33. The lowest BCUT2D eigenvalue weighted by atomic mass is 9.97. The van der Waals surface area contributed by atoms with E-state index in [-0.39, 0.29) is 19.6 Å². The SMILES string of the molecule is CCc1cc(=O)oc2cc(C)cc(OCC(=O)N3CCCC(C(F)(F)F)C3)c12. The van der Waals surface area contributed by atoms with Crippen molar-refractivity contribution in [3.63, 3.8) is 0 Å². The number of fused-ring (bicyclic) bond motifs is 1. The van der Waals surface area contributed by atoms with E-state index in [0.717, 1.165) is 11.1 Å². The fourth-order valence-electron chi connectivity index (χ4n) is 3.56. The van der Waals surface area contributed by atoms with Gasteiger partial charge in [0, 0.05) is 19.2 Å². The van der Waals surface area contributed by atoms with E-state index in [9.17, 15) is 22.8 Å². The van der Waals surface area contributed by atoms with Crippen molar-refractivity contribution in [1.29, 1.82) is 0 Å². The number of hydrogen-bond donors (Lipinski definition) is 0. The van der Waals surface area contributed by atoms with E-state index >= 15 is 0 Å². The normalized spacial score (nSPS) is 17.8. The molecule has 0 radical (unpaired) electrons. The number of nitrogens with zero attached hydrogens (tertiary/aromatic N) is 1. The summed E-state index contributed by atoms with van der Waals surface area (Å²) in [5.74, 6) is -1.60. The van der Waals surface area contributed by atoms with Gasteiger partial charge in [-0.3, -0.25) is 4.79 Å². The molecule has 8 heteroatoms. The lowest BCUT2D eigenvalue weighted by Crippen LogP contribution is -2.46. The van der Waals surface area contributed by atoms with Crippen molar-refractivity contribution < 1.29 is 27.1 Å². The van der Waals surface area contributed by atoms with Crippen LogP contribution in [0.2, 0.25) is 0 Å². The second-order valence-corrected chi connectivity index (χ2v) is 7.09. The van der Waals surface area contributed by atoms with E-state index in [0.29, 0.717) is 36.1 Å². The van der Waals surface area contributed by atoms with Crippen molar-refractivity contribution in [2.45, 2.75) is 39.3 Å². The Hall–Kier alpha value is -2.51. The van der Waals surface area contributed by atoms with Gasteiger partial charge >= 0.3 is 11.8 Å². The van der Waals surface area contributed by atoms with Crippen molar-refractivity contribution >= 4 is 16.9 Å².